The maximum Gasteiger partial charge on any atom is 0.242 e. The molecule has 2 aromatic rings. The monoisotopic (exact) mass is 585 g/mol. The lowest BCUT2D eigenvalue weighted by Crippen LogP contribution is -2.49. The van der Waals surface area contributed by atoms with Crippen LogP contribution in [0.25, 0.3) is 0 Å². The summed E-state index contributed by atoms with van der Waals surface area (Å²) in [5.74, 6) is -0.171. The van der Waals surface area contributed by atoms with Crippen LogP contribution in [0.15, 0.2) is 42.5 Å². The molecule has 2 aromatic carbocycles. The number of hydrogen-bond donors (Lipinski definition) is 1. The summed E-state index contributed by atoms with van der Waals surface area (Å²) in [7, 11) is -3.65. The van der Waals surface area contributed by atoms with Crippen molar-refractivity contribution in [1.82, 2.24) is 10.2 Å². The first kappa shape index (κ1) is 31.7. The van der Waals surface area contributed by atoms with E-state index in [0.717, 1.165) is 12.7 Å². The number of halogens is 2. The molecule has 1 N–H and O–H groups in total. The summed E-state index contributed by atoms with van der Waals surface area (Å²) < 4.78 is 32.1. The number of benzene rings is 2. The maximum absolute atomic E-state index is 13.5. The lowest BCUT2D eigenvalue weighted by Gasteiger charge is -2.31. The topological polar surface area (TPSA) is 96.0 Å². The van der Waals surface area contributed by atoms with Crippen LogP contribution in [0.2, 0.25) is 10.0 Å². The number of anilines is 1. The lowest BCUT2D eigenvalue weighted by atomic mass is 10.1. The molecule has 0 saturated heterocycles. The predicted octanol–water partition coefficient (Wildman–Crippen LogP) is 5.27. The number of hydrogen-bond acceptors (Lipinski definition) is 5. The molecule has 11 heteroatoms. The van der Waals surface area contributed by atoms with Crippen LogP contribution in [0.4, 0.5) is 5.69 Å². The molecule has 0 aliphatic rings. The van der Waals surface area contributed by atoms with Crippen molar-refractivity contribution in [1.29, 1.82) is 0 Å². The Morgan fingerprint density at radius 1 is 1.03 bits per heavy atom. The molecule has 0 heterocycles. The van der Waals surface area contributed by atoms with Crippen LogP contribution in [0.5, 0.6) is 5.75 Å². The van der Waals surface area contributed by atoms with Crippen molar-refractivity contribution < 1.29 is 22.7 Å². The number of carbonyl (C=O) groups excluding carboxylic acids is 2. The summed E-state index contributed by atoms with van der Waals surface area (Å²) in [5, 5.41) is 3.69. The average Bonchev–Trinajstić information content (AvgIpc) is 2.86. The third-order valence-electron chi connectivity index (χ3n) is 6.14. The Morgan fingerprint density at radius 2 is 1.66 bits per heavy atom. The van der Waals surface area contributed by atoms with Gasteiger partial charge in [-0.2, -0.15) is 0 Å². The van der Waals surface area contributed by atoms with Gasteiger partial charge in [0.15, 0.2) is 0 Å². The van der Waals surface area contributed by atoms with Crippen LogP contribution in [0.1, 0.15) is 52.5 Å². The summed E-state index contributed by atoms with van der Waals surface area (Å²) >= 11 is 12.7. The lowest BCUT2D eigenvalue weighted by molar-refractivity contribution is -0.140. The fourth-order valence-corrected chi connectivity index (χ4v) is 5.31. The van der Waals surface area contributed by atoms with Crippen LogP contribution in [0.3, 0.4) is 0 Å². The number of nitrogens with zero attached hydrogens (tertiary/aromatic N) is 2. The highest BCUT2D eigenvalue weighted by Crippen LogP contribution is 2.31. The SMILES string of the molecule is CCOc1ccccc1N(CCCC(=O)N(Cc1c(Cl)cccc1Cl)[C@H](C)C(=O)N[C@H](C)CC)S(C)(=O)=O. The molecular formula is C27H37Cl2N3O5S. The highest BCUT2D eigenvalue weighted by atomic mass is 35.5. The molecule has 0 bridgehead atoms. The molecule has 2 rings (SSSR count). The molecule has 0 aromatic heterocycles. The molecule has 0 unspecified atom stereocenters. The quantitative estimate of drug-likeness (QED) is 0.326. The third kappa shape index (κ3) is 8.78. The number of rotatable bonds is 14. The number of para-hydroxylation sites is 2. The second-order valence-corrected chi connectivity index (χ2v) is 11.8. The fourth-order valence-electron chi connectivity index (χ4n) is 3.83. The summed E-state index contributed by atoms with van der Waals surface area (Å²) in [6, 6.07) is 11.1. The number of nitrogens with one attached hydrogen (secondary N) is 1. The van der Waals surface area contributed by atoms with Crippen LogP contribution in [-0.2, 0) is 26.2 Å². The van der Waals surface area contributed by atoms with E-state index in [4.69, 9.17) is 27.9 Å². The van der Waals surface area contributed by atoms with Gasteiger partial charge in [-0.25, -0.2) is 8.42 Å². The van der Waals surface area contributed by atoms with E-state index >= 15 is 0 Å². The van der Waals surface area contributed by atoms with Crippen molar-refractivity contribution in [3.8, 4) is 5.75 Å². The summed E-state index contributed by atoms with van der Waals surface area (Å²) in [4.78, 5) is 27.9. The normalized spacial score (nSPS) is 12.9. The highest BCUT2D eigenvalue weighted by Gasteiger charge is 2.28. The second kappa shape index (κ2) is 14.6. The zero-order chi connectivity index (χ0) is 28.5. The van der Waals surface area contributed by atoms with Crippen LogP contribution in [-0.4, -0.2) is 56.6 Å². The van der Waals surface area contributed by atoms with E-state index in [1.807, 2.05) is 20.8 Å². The van der Waals surface area contributed by atoms with Crippen molar-refractivity contribution >= 4 is 50.7 Å². The smallest absolute Gasteiger partial charge is 0.242 e. The molecule has 0 saturated carbocycles. The number of carbonyl (C=O) groups is 2. The Labute approximate surface area is 236 Å². The first-order valence-corrected chi connectivity index (χ1v) is 15.2. The van der Waals surface area contributed by atoms with Crippen molar-refractivity contribution in [2.24, 2.45) is 0 Å². The Balaban J connectivity index is 2.27. The molecule has 8 nitrogen and oxygen atoms in total. The number of ether oxygens (including phenoxy) is 1. The van der Waals surface area contributed by atoms with Gasteiger partial charge in [0.25, 0.3) is 0 Å². The predicted molar refractivity (Wildman–Crippen MR) is 153 cm³/mol. The van der Waals surface area contributed by atoms with Gasteiger partial charge in [0, 0.05) is 41.2 Å². The van der Waals surface area contributed by atoms with E-state index in [0.29, 0.717) is 33.7 Å². The summed E-state index contributed by atoms with van der Waals surface area (Å²) in [6.45, 7) is 7.79. The molecule has 2 amide bonds. The van der Waals surface area contributed by atoms with Gasteiger partial charge < -0.3 is 15.0 Å². The van der Waals surface area contributed by atoms with Gasteiger partial charge in [0.1, 0.15) is 11.8 Å². The minimum atomic E-state index is -3.65. The van der Waals surface area contributed by atoms with E-state index in [1.54, 1.807) is 49.4 Å². The van der Waals surface area contributed by atoms with Crippen LogP contribution in [0, 0.1) is 0 Å². The van der Waals surface area contributed by atoms with Crippen molar-refractivity contribution in [2.75, 3.05) is 23.7 Å². The number of sulfonamides is 1. The third-order valence-corrected chi connectivity index (χ3v) is 8.03. The van der Waals surface area contributed by atoms with Gasteiger partial charge in [-0.3, -0.25) is 13.9 Å². The highest BCUT2D eigenvalue weighted by molar-refractivity contribution is 7.92. The molecule has 210 valence electrons. The molecule has 0 aliphatic carbocycles. The average molecular weight is 587 g/mol. The van der Waals surface area contributed by atoms with Gasteiger partial charge in [0.2, 0.25) is 21.8 Å². The molecule has 38 heavy (non-hydrogen) atoms. The molecule has 0 aliphatic heterocycles. The number of amides is 2. The van der Waals surface area contributed by atoms with Gasteiger partial charge in [-0.15, -0.1) is 0 Å². The molecule has 0 spiro atoms. The molecule has 0 fully saturated rings. The molecular weight excluding hydrogens is 549 g/mol. The zero-order valence-corrected chi connectivity index (χ0v) is 24.9. The molecule has 0 radical (unpaired) electrons. The van der Waals surface area contributed by atoms with Crippen LogP contribution >= 0.6 is 23.2 Å². The van der Waals surface area contributed by atoms with Gasteiger partial charge in [-0.05, 0) is 57.9 Å². The van der Waals surface area contributed by atoms with Crippen molar-refractivity contribution in [2.45, 2.75) is 65.6 Å². The van der Waals surface area contributed by atoms with Gasteiger partial charge in [-0.1, -0.05) is 48.3 Å². The first-order valence-electron chi connectivity index (χ1n) is 12.6. The Morgan fingerprint density at radius 3 is 2.24 bits per heavy atom. The van der Waals surface area contributed by atoms with E-state index in [9.17, 15) is 18.0 Å². The van der Waals surface area contributed by atoms with Crippen molar-refractivity contribution in [3.05, 3.63) is 58.1 Å². The first-order chi connectivity index (χ1) is 17.9. The van der Waals surface area contributed by atoms with E-state index in [-0.39, 0.29) is 43.8 Å². The second-order valence-electron chi connectivity index (χ2n) is 9.06. The minimum absolute atomic E-state index is 0.00580. The maximum atomic E-state index is 13.5. The minimum Gasteiger partial charge on any atom is -0.492 e. The van der Waals surface area contributed by atoms with Gasteiger partial charge >= 0.3 is 0 Å². The van der Waals surface area contributed by atoms with E-state index in [1.165, 1.54) is 9.21 Å². The molecule has 2 atom stereocenters. The van der Waals surface area contributed by atoms with Crippen LogP contribution < -0.4 is 14.4 Å². The standard InChI is InChI=1S/C27H37Cl2N3O5S/c1-6-19(3)30-27(34)20(4)31(18-21-22(28)12-10-13-23(21)29)26(33)16-11-17-32(38(5,35)36)24-14-8-9-15-25(24)37-7-2/h8-10,12-15,19-20H,6-7,11,16-18H2,1-5H3,(H,30,34)/t19-,20-/m1/s1. The zero-order valence-electron chi connectivity index (χ0n) is 22.5. The Hall–Kier alpha value is -2.49. The van der Waals surface area contributed by atoms with E-state index < -0.39 is 16.1 Å². The Kier molecular flexibility index (Phi) is 12.2. The largest absolute Gasteiger partial charge is 0.492 e. The van der Waals surface area contributed by atoms with Crippen molar-refractivity contribution in [3.63, 3.8) is 0 Å². The van der Waals surface area contributed by atoms with E-state index in [2.05, 4.69) is 5.32 Å². The Bertz CT molecular complexity index is 1190. The summed E-state index contributed by atoms with van der Waals surface area (Å²) in [6.07, 6.45) is 2.09. The van der Waals surface area contributed by atoms with Gasteiger partial charge in [0.05, 0.1) is 18.6 Å². The fraction of sp³-hybridized carbons (Fsp3) is 0.481. The summed E-state index contributed by atoms with van der Waals surface area (Å²) in [5.41, 5.74) is 0.945.